The third-order valence-electron chi connectivity index (χ3n) is 2.62. The first-order valence-electron chi connectivity index (χ1n) is 5.39. The molecule has 1 saturated heterocycles. The molecule has 5 heteroatoms. The van der Waals surface area contributed by atoms with Gasteiger partial charge in [0, 0.05) is 19.6 Å². The van der Waals surface area contributed by atoms with E-state index in [1.54, 1.807) is 0 Å². The molecule has 2 N–H and O–H groups in total. The van der Waals surface area contributed by atoms with Gasteiger partial charge in [-0.3, -0.25) is 4.79 Å². The van der Waals surface area contributed by atoms with Gasteiger partial charge in [0.1, 0.15) is 0 Å². The number of rotatable bonds is 6. The first-order valence-corrected chi connectivity index (χ1v) is 5.39. The van der Waals surface area contributed by atoms with Crippen LogP contribution in [0, 0.1) is 0 Å². The summed E-state index contributed by atoms with van der Waals surface area (Å²) in [5.41, 5.74) is 0. The zero-order valence-electron chi connectivity index (χ0n) is 8.89. The van der Waals surface area contributed by atoms with Crippen molar-refractivity contribution in [3.63, 3.8) is 0 Å². The van der Waals surface area contributed by atoms with Crippen molar-refractivity contribution in [1.82, 2.24) is 4.90 Å². The lowest BCUT2D eigenvalue weighted by atomic mass is 10.1. The summed E-state index contributed by atoms with van der Waals surface area (Å²) in [6.45, 7) is 3.09. The Kier molecular flexibility index (Phi) is 5.60. The van der Waals surface area contributed by atoms with Crippen LogP contribution in [0.1, 0.15) is 19.3 Å². The van der Waals surface area contributed by atoms with E-state index >= 15 is 0 Å². The Hall–Kier alpha value is -0.650. The Bertz CT molecular complexity index is 190. The molecule has 0 unspecified atom stereocenters. The van der Waals surface area contributed by atoms with Gasteiger partial charge in [0.15, 0.2) is 0 Å². The van der Waals surface area contributed by atoms with Gasteiger partial charge in [0.05, 0.1) is 25.7 Å². The van der Waals surface area contributed by atoms with E-state index in [9.17, 15) is 4.79 Å². The highest BCUT2D eigenvalue weighted by atomic mass is 16.5. The molecule has 15 heavy (non-hydrogen) atoms. The largest absolute Gasteiger partial charge is 0.481 e. The molecule has 0 aromatic carbocycles. The van der Waals surface area contributed by atoms with Crippen molar-refractivity contribution < 1.29 is 19.7 Å². The highest BCUT2D eigenvalue weighted by Crippen LogP contribution is 2.13. The molecule has 1 fully saturated rings. The van der Waals surface area contributed by atoms with Gasteiger partial charge < -0.3 is 19.8 Å². The highest BCUT2D eigenvalue weighted by Gasteiger charge is 2.18. The number of piperidine rings is 1. The Morgan fingerprint density at radius 3 is 2.60 bits per heavy atom. The van der Waals surface area contributed by atoms with E-state index in [0.717, 1.165) is 32.5 Å². The number of ether oxygens (including phenoxy) is 1. The Labute approximate surface area is 89.6 Å². The lowest BCUT2D eigenvalue weighted by Crippen LogP contribution is -2.38. The van der Waals surface area contributed by atoms with Crippen molar-refractivity contribution in [2.75, 3.05) is 32.8 Å². The number of hydrogen-bond acceptors (Lipinski definition) is 4. The fourth-order valence-corrected chi connectivity index (χ4v) is 1.75. The molecule has 0 bridgehead atoms. The maximum absolute atomic E-state index is 10.3. The summed E-state index contributed by atoms with van der Waals surface area (Å²) < 4.78 is 5.45. The maximum atomic E-state index is 10.3. The lowest BCUT2D eigenvalue weighted by molar-refractivity contribution is -0.138. The Morgan fingerprint density at radius 2 is 2.07 bits per heavy atom. The second kappa shape index (κ2) is 6.76. The van der Waals surface area contributed by atoms with Crippen LogP contribution in [0.4, 0.5) is 0 Å². The molecule has 1 aliphatic heterocycles. The summed E-state index contributed by atoms with van der Waals surface area (Å²) in [6, 6.07) is 0. The lowest BCUT2D eigenvalue weighted by Gasteiger charge is -2.31. The van der Waals surface area contributed by atoms with Crippen LogP contribution in [0.15, 0.2) is 0 Å². The summed E-state index contributed by atoms with van der Waals surface area (Å²) in [6.07, 6.45) is 2.13. The molecule has 0 radical (unpaired) electrons. The molecule has 0 amide bonds. The smallest absolute Gasteiger partial charge is 0.305 e. The average molecular weight is 217 g/mol. The first-order chi connectivity index (χ1) is 7.22. The normalized spacial score (nSPS) is 19.3. The van der Waals surface area contributed by atoms with Gasteiger partial charge in [-0.25, -0.2) is 0 Å². The topological polar surface area (TPSA) is 70.0 Å². The maximum Gasteiger partial charge on any atom is 0.305 e. The van der Waals surface area contributed by atoms with E-state index < -0.39 is 5.97 Å². The number of carboxylic acids is 1. The predicted octanol–water partition coefficient (Wildman–Crippen LogP) is -0.0656. The number of aliphatic hydroxyl groups is 1. The molecule has 1 aliphatic rings. The molecule has 0 spiro atoms. The van der Waals surface area contributed by atoms with Crippen molar-refractivity contribution in [2.45, 2.75) is 25.4 Å². The fourth-order valence-electron chi connectivity index (χ4n) is 1.75. The molecule has 0 aromatic heterocycles. The fraction of sp³-hybridized carbons (Fsp3) is 0.900. The number of β-amino-alcohol motifs (C(OH)–C–C–N with tert-alkyl or cyclic N) is 1. The highest BCUT2D eigenvalue weighted by molar-refractivity contribution is 5.66. The van der Waals surface area contributed by atoms with Crippen molar-refractivity contribution in [1.29, 1.82) is 0 Å². The van der Waals surface area contributed by atoms with E-state index in [1.807, 2.05) is 0 Å². The third-order valence-corrected chi connectivity index (χ3v) is 2.62. The summed E-state index contributed by atoms with van der Waals surface area (Å²) >= 11 is 0. The van der Waals surface area contributed by atoms with Gasteiger partial charge in [0.2, 0.25) is 0 Å². The van der Waals surface area contributed by atoms with Crippen LogP contribution in [-0.4, -0.2) is 60.0 Å². The first kappa shape index (κ1) is 12.4. The van der Waals surface area contributed by atoms with Crippen LogP contribution in [0.2, 0.25) is 0 Å². The molecule has 0 aromatic rings. The van der Waals surface area contributed by atoms with Crippen LogP contribution < -0.4 is 0 Å². The van der Waals surface area contributed by atoms with Crippen LogP contribution in [0.5, 0.6) is 0 Å². The molecule has 1 heterocycles. The number of likely N-dealkylation sites (tertiary alicyclic amines) is 1. The number of carbonyl (C=O) groups is 1. The van der Waals surface area contributed by atoms with Crippen molar-refractivity contribution in [2.24, 2.45) is 0 Å². The van der Waals surface area contributed by atoms with Gasteiger partial charge in [-0.05, 0) is 12.8 Å². The van der Waals surface area contributed by atoms with Gasteiger partial charge in [0.25, 0.3) is 0 Å². The number of aliphatic carboxylic acids is 1. The van der Waals surface area contributed by atoms with Crippen LogP contribution in [0.3, 0.4) is 0 Å². The van der Waals surface area contributed by atoms with Gasteiger partial charge in [-0.2, -0.15) is 0 Å². The van der Waals surface area contributed by atoms with E-state index in [2.05, 4.69) is 4.90 Å². The molecular formula is C10H19NO4. The van der Waals surface area contributed by atoms with E-state index in [-0.39, 0.29) is 19.1 Å². The second-order valence-electron chi connectivity index (χ2n) is 3.78. The average Bonchev–Trinajstić information content (AvgIpc) is 2.20. The van der Waals surface area contributed by atoms with Crippen LogP contribution in [0.25, 0.3) is 0 Å². The summed E-state index contributed by atoms with van der Waals surface area (Å²) in [5.74, 6) is -0.812. The quantitative estimate of drug-likeness (QED) is 0.652. The zero-order chi connectivity index (χ0) is 11.1. The van der Waals surface area contributed by atoms with E-state index in [1.165, 1.54) is 0 Å². The van der Waals surface area contributed by atoms with Crippen molar-refractivity contribution in [3.8, 4) is 0 Å². The Morgan fingerprint density at radius 1 is 1.40 bits per heavy atom. The molecule has 5 nitrogen and oxygen atoms in total. The van der Waals surface area contributed by atoms with E-state index in [4.69, 9.17) is 14.9 Å². The molecular weight excluding hydrogens is 198 g/mol. The molecule has 88 valence electrons. The molecule has 0 saturated carbocycles. The van der Waals surface area contributed by atoms with Crippen molar-refractivity contribution in [3.05, 3.63) is 0 Å². The Balaban J connectivity index is 2.06. The van der Waals surface area contributed by atoms with Gasteiger partial charge in [-0.15, -0.1) is 0 Å². The minimum atomic E-state index is -0.812. The summed E-state index contributed by atoms with van der Waals surface area (Å²) in [7, 11) is 0. The van der Waals surface area contributed by atoms with Crippen LogP contribution >= 0.6 is 0 Å². The van der Waals surface area contributed by atoms with E-state index in [0.29, 0.717) is 6.61 Å². The number of aliphatic hydroxyl groups excluding tert-OH is 1. The second-order valence-corrected chi connectivity index (χ2v) is 3.78. The monoisotopic (exact) mass is 217 g/mol. The SMILES string of the molecule is O=C(O)CCOC1CCN(CCO)CC1. The number of carboxylic acid groups (broad SMARTS) is 1. The number of hydrogen-bond donors (Lipinski definition) is 2. The molecule has 0 atom stereocenters. The molecule has 0 aliphatic carbocycles. The van der Waals surface area contributed by atoms with Gasteiger partial charge in [-0.1, -0.05) is 0 Å². The van der Waals surface area contributed by atoms with Crippen molar-refractivity contribution >= 4 is 5.97 Å². The van der Waals surface area contributed by atoms with Gasteiger partial charge >= 0.3 is 5.97 Å². The zero-order valence-corrected chi connectivity index (χ0v) is 8.89. The minimum Gasteiger partial charge on any atom is -0.481 e. The standard InChI is InChI=1S/C10H19NO4/c12-7-6-11-4-1-9(2-5-11)15-8-3-10(13)14/h9,12H,1-8H2,(H,13,14). The molecule has 1 rings (SSSR count). The minimum absolute atomic E-state index is 0.0802. The number of nitrogens with zero attached hydrogens (tertiary/aromatic N) is 1. The van der Waals surface area contributed by atoms with Crippen LogP contribution in [-0.2, 0) is 9.53 Å². The summed E-state index contributed by atoms with van der Waals surface area (Å²) in [4.78, 5) is 12.5. The summed E-state index contributed by atoms with van der Waals surface area (Å²) in [5, 5.41) is 17.2. The predicted molar refractivity (Wildman–Crippen MR) is 54.8 cm³/mol. The third kappa shape index (κ3) is 5.11.